The van der Waals surface area contributed by atoms with Gasteiger partial charge in [0.15, 0.2) is 9.84 Å². The highest BCUT2D eigenvalue weighted by Crippen LogP contribution is 2.26. The summed E-state index contributed by atoms with van der Waals surface area (Å²) in [5, 5.41) is 5.85. The molecule has 2 aromatic carbocycles. The molecule has 1 amide bonds. The molecule has 0 radical (unpaired) electrons. The van der Waals surface area contributed by atoms with E-state index in [2.05, 4.69) is 10.6 Å². The lowest BCUT2D eigenvalue weighted by atomic mass is 10.3. The Kier molecular flexibility index (Phi) is 6.27. The van der Waals surface area contributed by atoms with Gasteiger partial charge in [-0.15, -0.1) is 0 Å². The lowest BCUT2D eigenvalue weighted by Crippen LogP contribution is -2.22. The monoisotopic (exact) mass is 382 g/mol. The van der Waals surface area contributed by atoms with E-state index >= 15 is 0 Å². The van der Waals surface area contributed by atoms with Crippen molar-refractivity contribution in [3.8, 4) is 5.75 Å². The minimum Gasteiger partial charge on any atom is -0.492 e. The van der Waals surface area contributed by atoms with Crippen molar-refractivity contribution in [2.75, 3.05) is 30.0 Å². The number of hydrogen-bond donors (Lipinski definition) is 2. The van der Waals surface area contributed by atoms with Gasteiger partial charge in [-0.25, -0.2) is 8.42 Å². The predicted molar refractivity (Wildman–Crippen MR) is 99.3 cm³/mol. The van der Waals surface area contributed by atoms with Crippen molar-refractivity contribution in [2.24, 2.45) is 0 Å². The van der Waals surface area contributed by atoms with E-state index in [1.54, 1.807) is 12.1 Å². The van der Waals surface area contributed by atoms with Gasteiger partial charge in [0.2, 0.25) is 5.91 Å². The topological polar surface area (TPSA) is 84.5 Å². The van der Waals surface area contributed by atoms with E-state index < -0.39 is 9.84 Å². The molecular formula is C17H19ClN2O4S. The lowest BCUT2D eigenvalue weighted by Gasteiger charge is -2.13. The number of anilines is 2. The van der Waals surface area contributed by atoms with Crippen molar-refractivity contribution in [1.29, 1.82) is 0 Å². The molecule has 0 aliphatic rings. The molecule has 0 aliphatic carbocycles. The molecule has 6 nitrogen and oxygen atoms in total. The maximum Gasteiger partial charge on any atom is 0.243 e. The van der Waals surface area contributed by atoms with Gasteiger partial charge in [0.25, 0.3) is 0 Å². The number of ether oxygens (including phenoxy) is 1. The standard InChI is InChI=1S/C17H19ClN2O4S/c1-3-24-16-7-5-4-6-14(16)19-11-17(21)20-15-10-12(25(2,22)23)8-9-13(15)18/h4-10,19H,3,11H2,1-2H3,(H,20,21). The van der Waals surface area contributed by atoms with Crippen molar-refractivity contribution < 1.29 is 17.9 Å². The van der Waals surface area contributed by atoms with Crippen LogP contribution < -0.4 is 15.4 Å². The van der Waals surface area contributed by atoms with Crippen LogP contribution in [0.15, 0.2) is 47.4 Å². The lowest BCUT2D eigenvalue weighted by molar-refractivity contribution is -0.114. The van der Waals surface area contributed by atoms with Gasteiger partial charge in [-0.1, -0.05) is 23.7 Å². The molecule has 0 unspecified atom stereocenters. The van der Waals surface area contributed by atoms with Crippen LogP contribution in [0.5, 0.6) is 5.75 Å². The first-order chi connectivity index (χ1) is 11.8. The van der Waals surface area contributed by atoms with Crippen LogP contribution in [0.25, 0.3) is 0 Å². The SMILES string of the molecule is CCOc1ccccc1NCC(=O)Nc1cc(S(C)(=O)=O)ccc1Cl. The largest absolute Gasteiger partial charge is 0.492 e. The van der Waals surface area contributed by atoms with Gasteiger partial charge in [0.05, 0.1) is 34.4 Å². The van der Waals surface area contributed by atoms with Crippen LogP contribution in [0, 0.1) is 0 Å². The molecule has 0 fully saturated rings. The van der Waals surface area contributed by atoms with E-state index in [1.807, 2.05) is 19.1 Å². The molecule has 134 valence electrons. The Morgan fingerprint density at radius 1 is 1.16 bits per heavy atom. The summed E-state index contributed by atoms with van der Waals surface area (Å²) in [6.07, 6.45) is 1.09. The minimum absolute atomic E-state index is 0.0243. The number of hydrogen-bond acceptors (Lipinski definition) is 5. The molecule has 0 heterocycles. The quantitative estimate of drug-likeness (QED) is 0.768. The summed E-state index contributed by atoms with van der Waals surface area (Å²) < 4.78 is 28.7. The summed E-state index contributed by atoms with van der Waals surface area (Å²) in [6.45, 7) is 2.36. The Balaban J connectivity index is 2.06. The highest BCUT2D eigenvalue weighted by atomic mass is 35.5. The Bertz CT molecular complexity index is 869. The normalized spacial score (nSPS) is 11.0. The molecule has 0 saturated carbocycles. The first kappa shape index (κ1) is 19.1. The van der Waals surface area contributed by atoms with Gasteiger partial charge in [0, 0.05) is 6.26 Å². The zero-order valence-corrected chi connectivity index (χ0v) is 15.4. The van der Waals surface area contributed by atoms with Crippen LogP contribution in [-0.4, -0.2) is 33.7 Å². The summed E-state index contributed by atoms with van der Waals surface area (Å²) in [4.78, 5) is 12.2. The molecule has 0 bridgehead atoms. The van der Waals surface area contributed by atoms with Gasteiger partial charge in [-0.05, 0) is 37.3 Å². The minimum atomic E-state index is -3.39. The van der Waals surface area contributed by atoms with Gasteiger partial charge in [0.1, 0.15) is 5.75 Å². The molecule has 0 aliphatic heterocycles. The van der Waals surface area contributed by atoms with Crippen LogP contribution >= 0.6 is 11.6 Å². The molecule has 8 heteroatoms. The second-order valence-corrected chi connectivity index (χ2v) is 7.67. The molecule has 2 N–H and O–H groups in total. The van der Waals surface area contributed by atoms with Crippen molar-refractivity contribution in [2.45, 2.75) is 11.8 Å². The van der Waals surface area contributed by atoms with E-state index in [0.717, 1.165) is 6.26 Å². The Labute approximate surface area is 152 Å². The molecule has 2 rings (SSSR count). The molecule has 0 saturated heterocycles. The van der Waals surface area contributed by atoms with E-state index in [9.17, 15) is 13.2 Å². The molecule has 2 aromatic rings. The summed E-state index contributed by atoms with van der Waals surface area (Å²) in [5.74, 6) is 0.286. The molecule has 0 aromatic heterocycles. The second-order valence-electron chi connectivity index (χ2n) is 5.24. The zero-order valence-electron chi connectivity index (χ0n) is 13.9. The Hall–Kier alpha value is -2.25. The second kappa shape index (κ2) is 8.22. The third-order valence-corrected chi connectivity index (χ3v) is 4.71. The van der Waals surface area contributed by atoms with Crippen molar-refractivity contribution >= 4 is 38.7 Å². The first-order valence-electron chi connectivity index (χ1n) is 7.56. The van der Waals surface area contributed by atoms with E-state index in [4.69, 9.17) is 16.3 Å². The van der Waals surface area contributed by atoms with E-state index in [1.165, 1.54) is 18.2 Å². The van der Waals surface area contributed by atoms with Crippen LogP contribution in [-0.2, 0) is 14.6 Å². The smallest absolute Gasteiger partial charge is 0.243 e. The van der Waals surface area contributed by atoms with Crippen LogP contribution in [0.4, 0.5) is 11.4 Å². The summed E-state index contributed by atoms with van der Waals surface area (Å²) in [7, 11) is -3.39. The number of nitrogens with one attached hydrogen (secondary N) is 2. The third kappa shape index (κ3) is 5.37. The van der Waals surface area contributed by atoms with Crippen LogP contribution in [0.1, 0.15) is 6.92 Å². The highest BCUT2D eigenvalue weighted by molar-refractivity contribution is 7.90. The number of amides is 1. The van der Waals surface area contributed by atoms with E-state index in [0.29, 0.717) is 18.0 Å². The fourth-order valence-corrected chi connectivity index (χ4v) is 2.91. The fourth-order valence-electron chi connectivity index (χ4n) is 2.09. The van der Waals surface area contributed by atoms with Crippen molar-refractivity contribution in [1.82, 2.24) is 0 Å². The number of para-hydroxylation sites is 2. The van der Waals surface area contributed by atoms with Crippen molar-refractivity contribution in [3.05, 3.63) is 47.5 Å². The molecular weight excluding hydrogens is 364 g/mol. The van der Waals surface area contributed by atoms with Crippen molar-refractivity contribution in [3.63, 3.8) is 0 Å². The molecule has 25 heavy (non-hydrogen) atoms. The summed E-state index contributed by atoms with van der Waals surface area (Å²) >= 11 is 6.02. The van der Waals surface area contributed by atoms with Gasteiger partial charge in [-0.3, -0.25) is 4.79 Å². The van der Waals surface area contributed by atoms with Gasteiger partial charge >= 0.3 is 0 Å². The maximum atomic E-state index is 12.1. The fraction of sp³-hybridized carbons (Fsp3) is 0.235. The summed E-state index contributed by atoms with van der Waals surface area (Å²) in [6, 6.07) is 11.4. The molecule has 0 atom stereocenters. The highest BCUT2D eigenvalue weighted by Gasteiger charge is 2.12. The summed E-state index contributed by atoms with van der Waals surface area (Å²) in [5.41, 5.74) is 0.935. The Morgan fingerprint density at radius 2 is 1.88 bits per heavy atom. The first-order valence-corrected chi connectivity index (χ1v) is 9.83. The number of sulfone groups is 1. The van der Waals surface area contributed by atoms with Crippen LogP contribution in [0.2, 0.25) is 5.02 Å². The van der Waals surface area contributed by atoms with Crippen LogP contribution in [0.3, 0.4) is 0 Å². The maximum absolute atomic E-state index is 12.1. The number of halogens is 1. The average molecular weight is 383 g/mol. The number of benzene rings is 2. The average Bonchev–Trinajstić information content (AvgIpc) is 2.55. The number of carbonyl (C=O) groups excluding carboxylic acids is 1. The Morgan fingerprint density at radius 3 is 2.56 bits per heavy atom. The van der Waals surface area contributed by atoms with Gasteiger partial charge in [-0.2, -0.15) is 0 Å². The number of carbonyl (C=O) groups is 1. The predicted octanol–water partition coefficient (Wildman–Crippen LogP) is 3.19. The third-order valence-electron chi connectivity index (χ3n) is 3.27. The zero-order chi connectivity index (χ0) is 18.4. The molecule has 0 spiro atoms. The van der Waals surface area contributed by atoms with E-state index in [-0.39, 0.29) is 28.1 Å². The van der Waals surface area contributed by atoms with Gasteiger partial charge < -0.3 is 15.4 Å². The number of rotatable bonds is 7.